The van der Waals surface area contributed by atoms with Crippen molar-refractivity contribution in [1.82, 2.24) is 0 Å². The van der Waals surface area contributed by atoms with Crippen molar-refractivity contribution < 1.29 is 37.6 Å². The molecule has 0 saturated carbocycles. The third-order valence-corrected chi connectivity index (χ3v) is 13.4. The zero-order valence-electron chi connectivity index (χ0n) is 42.0. The molecule has 0 aromatic heterocycles. The lowest BCUT2D eigenvalue weighted by molar-refractivity contribution is -0.161. The normalized spacial score (nSPS) is 13.1. The van der Waals surface area contributed by atoms with E-state index in [0.29, 0.717) is 12.8 Å². The Kier molecular flexibility index (Phi) is 49.2. The Morgan fingerprint density at radius 1 is 0.413 bits per heavy atom. The van der Waals surface area contributed by atoms with Gasteiger partial charge in [0.05, 0.1) is 13.2 Å². The van der Waals surface area contributed by atoms with Crippen LogP contribution in [0.25, 0.3) is 0 Å². The van der Waals surface area contributed by atoms with E-state index in [1.165, 1.54) is 225 Å². The van der Waals surface area contributed by atoms with Gasteiger partial charge >= 0.3 is 19.8 Å². The van der Waals surface area contributed by atoms with E-state index in [4.69, 9.17) is 18.5 Å². The minimum absolute atomic E-state index is 0.00377. The number of esters is 2. The van der Waals surface area contributed by atoms with Gasteiger partial charge in [-0.1, -0.05) is 251 Å². The molecule has 0 saturated heterocycles. The maximum Gasteiger partial charge on any atom is 0.472 e. The van der Waals surface area contributed by atoms with Crippen molar-refractivity contribution >= 4 is 19.8 Å². The average molecular weight is 913 g/mol. The smallest absolute Gasteiger partial charge is 0.462 e. The van der Waals surface area contributed by atoms with Crippen LogP contribution in [0.15, 0.2) is 12.2 Å². The molecule has 0 aliphatic carbocycles. The molecule has 9 heteroatoms. The zero-order chi connectivity index (χ0) is 46.0. The summed E-state index contributed by atoms with van der Waals surface area (Å²) in [5.74, 6) is -0.780. The quantitative estimate of drug-likeness (QED) is 0.0278. The highest BCUT2D eigenvalue weighted by molar-refractivity contribution is 7.47. The van der Waals surface area contributed by atoms with Gasteiger partial charge in [-0.2, -0.15) is 0 Å². The minimum atomic E-state index is -4.28. The van der Waals surface area contributed by atoms with Crippen LogP contribution in [-0.4, -0.2) is 42.8 Å². The summed E-state index contributed by atoms with van der Waals surface area (Å²) in [6, 6.07) is 0. The molecule has 0 amide bonds. The molecule has 2 atom stereocenters. The largest absolute Gasteiger partial charge is 0.472 e. The van der Waals surface area contributed by atoms with E-state index in [9.17, 15) is 19.0 Å². The maximum atomic E-state index is 12.6. The Balaban J connectivity index is 3.88. The third kappa shape index (κ3) is 50.1. The Hall–Kier alpha value is -1.21. The van der Waals surface area contributed by atoms with Crippen molar-refractivity contribution in [3.8, 4) is 0 Å². The molecule has 374 valence electrons. The number of ether oxygens (including phenoxy) is 2. The van der Waals surface area contributed by atoms with Crippen LogP contribution in [0.3, 0.4) is 0 Å². The Labute approximate surface area is 391 Å². The Bertz CT molecular complexity index is 1040. The highest BCUT2D eigenvalue weighted by atomic mass is 31.2. The van der Waals surface area contributed by atoms with Crippen LogP contribution in [0.5, 0.6) is 0 Å². The second kappa shape index (κ2) is 50.2. The number of phosphoric acid groups is 1. The molecule has 1 N–H and O–H groups in total. The molecular formula is C54H105O8P. The molecular weight excluding hydrogens is 808 g/mol. The fourth-order valence-corrected chi connectivity index (χ4v) is 9.03. The molecule has 0 aliphatic heterocycles. The molecule has 0 fully saturated rings. The van der Waals surface area contributed by atoms with Gasteiger partial charge in [-0.3, -0.25) is 18.6 Å². The summed E-state index contributed by atoms with van der Waals surface area (Å²) in [5.41, 5.74) is 0. The highest BCUT2D eigenvalue weighted by Gasteiger charge is 2.25. The van der Waals surface area contributed by atoms with E-state index in [0.717, 1.165) is 32.1 Å². The van der Waals surface area contributed by atoms with E-state index in [2.05, 4.69) is 26.0 Å². The average Bonchev–Trinajstić information content (AvgIpc) is 3.26. The van der Waals surface area contributed by atoms with E-state index < -0.39 is 19.9 Å². The van der Waals surface area contributed by atoms with Gasteiger partial charge in [0.1, 0.15) is 6.61 Å². The van der Waals surface area contributed by atoms with Crippen molar-refractivity contribution in [2.75, 3.05) is 19.8 Å². The monoisotopic (exact) mass is 913 g/mol. The topological polar surface area (TPSA) is 108 Å². The summed E-state index contributed by atoms with van der Waals surface area (Å²) in [5, 5.41) is 0. The van der Waals surface area contributed by atoms with Gasteiger partial charge in [0.25, 0.3) is 0 Å². The lowest BCUT2D eigenvalue weighted by atomic mass is 10.0. The number of unbranched alkanes of at least 4 members (excludes halogenated alkanes) is 38. The summed E-state index contributed by atoms with van der Waals surface area (Å²) in [6.07, 6.45) is 57.2. The lowest BCUT2D eigenvalue weighted by Gasteiger charge is -2.19. The number of allylic oxidation sites excluding steroid dienone is 2. The number of hydrogen-bond acceptors (Lipinski definition) is 7. The predicted octanol–water partition coefficient (Wildman–Crippen LogP) is 18.0. The van der Waals surface area contributed by atoms with Gasteiger partial charge in [0.15, 0.2) is 6.10 Å². The molecule has 0 aromatic rings. The first-order valence-electron chi connectivity index (χ1n) is 27.5. The van der Waals surface area contributed by atoms with Crippen molar-refractivity contribution in [2.45, 2.75) is 303 Å². The molecule has 0 rings (SSSR count). The van der Waals surface area contributed by atoms with Gasteiger partial charge in [0, 0.05) is 12.8 Å². The third-order valence-electron chi connectivity index (χ3n) is 12.3. The van der Waals surface area contributed by atoms with Gasteiger partial charge in [-0.25, -0.2) is 4.57 Å². The lowest BCUT2D eigenvalue weighted by Crippen LogP contribution is -2.29. The van der Waals surface area contributed by atoms with Crippen molar-refractivity contribution in [2.24, 2.45) is 0 Å². The zero-order valence-corrected chi connectivity index (χ0v) is 42.9. The van der Waals surface area contributed by atoms with Crippen LogP contribution in [0, 0.1) is 0 Å². The molecule has 0 radical (unpaired) electrons. The van der Waals surface area contributed by atoms with Crippen LogP contribution in [0.4, 0.5) is 0 Å². The molecule has 8 nitrogen and oxygen atoms in total. The fraction of sp³-hybridized carbons (Fsp3) is 0.926. The van der Waals surface area contributed by atoms with E-state index in [1.54, 1.807) is 6.92 Å². The van der Waals surface area contributed by atoms with Crippen molar-refractivity contribution in [1.29, 1.82) is 0 Å². The van der Waals surface area contributed by atoms with E-state index in [1.807, 2.05) is 0 Å². The van der Waals surface area contributed by atoms with Crippen LogP contribution in [0.1, 0.15) is 297 Å². The first-order chi connectivity index (χ1) is 30.8. The van der Waals surface area contributed by atoms with Crippen LogP contribution < -0.4 is 0 Å². The van der Waals surface area contributed by atoms with Crippen LogP contribution in [0.2, 0.25) is 0 Å². The van der Waals surface area contributed by atoms with Crippen LogP contribution in [-0.2, 0) is 32.7 Å². The van der Waals surface area contributed by atoms with Gasteiger partial charge < -0.3 is 14.4 Å². The summed E-state index contributed by atoms with van der Waals surface area (Å²) in [7, 11) is -4.28. The molecule has 0 heterocycles. The molecule has 0 aliphatic rings. The summed E-state index contributed by atoms with van der Waals surface area (Å²) >= 11 is 0. The summed E-state index contributed by atoms with van der Waals surface area (Å²) in [6.45, 7) is 5.54. The van der Waals surface area contributed by atoms with Gasteiger partial charge in [0.2, 0.25) is 0 Å². The molecule has 0 spiro atoms. The molecule has 0 bridgehead atoms. The molecule has 0 aromatic carbocycles. The molecule has 63 heavy (non-hydrogen) atoms. The Morgan fingerprint density at radius 2 is 0.714 bits per heavy atom. The number of phosphoric ester groups is 1. The minimum Gasteiger partial charge on any atom is -0.462 e. The number of carbonyl (C=O) groups excluding carboxylic acids is 2. The van der Waals surface area contributed by atoms with Crippen molar-refractivity contribution in [3.05, 3.63) is 12.2 Å². The van der Waals surface area contributed by atoms with Gasteiger partial charge in [-0.15, -0.1) is 0 Å². The van der Waals surface area contributed by atoms with E-state index in [-0.39, 0.29) is 32.2 Å². The molecule has 2 unspecified atom stereocenters. The summed E-state index contributed by atoms with van der Waals surface area (Å²) in [4.78, 5) is 35.0. The number of hydrogen-bond donors (Lipinski definition) is 1. The van der Waals surface area contributed by atoms with Crippen molar-refractivity contribution in [3.63, 3.8) is 0 Å². The standard InChI is InChI=1S/C54H105O8P/c1-4-7-9-11-13-15-17-19-21-23-25-26-27-28-29-31-32-34-36-38-40-42-44-46-48-53(55)59-50-52(51-61-63(57,58)60-6-3)62-54(56)49-47-45-43-41-39-37-35-33-30-24-22-20-18-16-14-12-10-8-5-2/h20,22,52H,4-19,21,23-51H2,1-3H3,(H,57,58)/b22-20-. The van der Waals surface area contributed by atoms with Crippen LogP contribution >= 0.6 is 7.82 Å². The number of rotatable bonds is 52. The second-order valence-electron chi connectivity index (χ2n) is 18.6. The Morgan fingerprint density at radius 3 is 1.05 bits per heavy atom. The van der Waals surface area contributed by atoms with Gasteiger partial charge in [-0.05, 0) is 45.4 Å². The SMILES string of the molecule is CCCCCCCC/C=C\CCCCCCCCCCCC(=O)OC(COC(=O)CCCCCCCCCCCCCCCCCCCCCCCCCC)COP(=O)(O)OCC. The van der Waals surface area contributed by atoms with E-state index >= 15 is 0 Å². The first kappa shape index (κ1) is 61.8. The maximum absolute atomic E-state index is 12.6. The number of carbonyl (C=O) groups is 2. The highest BCUT2D eigenvalue weighted by Crippen LogP contribution is 2.43. The predicted molar refractivity (Wildman–Crippen MR) is 267 cm³/mol. The first-order valence-corrected chi connectivity index (χ1v) is 29.0. The summed E-state index contributed by atoms with van der Waals surface area (Å²) < 4.78 is 32.9. The fourth-order valence-electron chi connectivity index (χ4n) is 8.28. The second-order valence-corrected chi connectivity index (χ2v) is 20.1.